The first kappa shape index (κ1) is 72.8. The molecule has 12 rings (SSSR count). The summed E-state index contributed by atoms with van der Waals surface area (Å²) in [5.41, 5.74) is -5.00. The third kappa shape index (κ3) is 16.3. The Morgan fingerprint density at radius 3 is 1.04 bits per heavy atom. The van der Waals surface area contributed by atoms with Gasteiger partial charge in [-0.15, -0.1) is 10.2 Å². The minimum atomic E-state index is -5.41. The SMILES string of the molecule is O=S(=O)(O)c1cc(Nc2nc(NC(=C(Nc3nc(Nc4cc(S(=O)(=O)O)cc5cc(S(=O)(=O)O)c(N=Nc6ccccc6)c(O)c45)nc(N4CCOCC4)n3)c3ccccc3S(=O)(=O)O)c3ccccc3S(=O)(=O)O)nc(N3CCOCC3)n2)c2c(O)c(N=Nc3ccccc3)c(S(=O)(=O)O)cc2c1. The lowest BCUT2D eigenvalue weighted by Gasteiger charge is -2.28. The number of benzene rings is 8. The minimum absolute atomic E-state index is 0.0464. The molecule has 2 fully saturated rings. The van der Waals surface area contributed by atoms with Crippen molar-refractivity contribution in [3.05, 3.63) is 157 Å². The molecule has 0 aliphatic carbocycles. The number of phenols is 2. The molecule has 0 atom stereocenters. The standard InChI is InChI=1S/C60H52N16O22S6/c77-53-47-33(29-45(103(91,92)93)51(53)73-71-35-11-3-1-4-12-35)27-37(99(79,80)81)31-41(47)61-55-65-57(69-59(67-55)75-19-23-97-24-20-75)63-49(39-15-7-9-17-43(39)101(85,86)87)50(40-16-8-10-18-44(40)102(88,89)90)64-58-66-56(68-60(70-58)76-21-25-98-26-22-76)62-42-32-38(100(82,83)84)28-34-30-46(104(94,95)96)52(54(78)48(34)42)74-72-36-13-5-2-6-14-36/h1-18,27-32,77-78H,19-26H2,(H,79,80,81)(H,82,83,84)(H,85,86,87)(H,88,89,90)(H,91,92,93)(H,94,95,96)(H2,61,63,65,67,69)(H2,62,64,66,68,70). The predicted octanol–water partition coefficient (Wildman–Crippen LogP) is 8.30. The molecule has 2 aliphatic rings. The zero-order valence-corrected chi connectivity index (χ0v) is 57.5. The number of phenolic OH excluding ortho intramolecular Hbond substituents is 2. The lowest BCUT2D eigenvalue weighted by molar-refractivity contribution is 0.122. The van der Waals surface area contributed by atoms with Crippen molar-refractivity contribution in [1.82, 2.24) is 29.9 Å². The number of nitrogens with zero attached hydrogens (tertiary/aromatic N) is 12. The van der Waals surface area contributed by atoms with Crippen molar-refractivity contribution >= 4 is 163 Å². The molecule has 0 bridgehead atoms. The molecular formula is C60H52N16O22S6. The Hall–Kier alpha value is -11.0. The van der Waals surface area contributed by atoms with E-state index in [4.69, 9.17) is 9.47 Å². The van der Waals surface area contributed by atoms with Gasteiger partial charge in [-0.1, -0.05) is 72.8 Å². The number of aromatic nitrogens is 6. The summed E-state index contributed by atoms with van der Waals surface area (Å²) in [5.74, 6) is -5.25. The average molecular weight is 1540 g/mol. The molecule has 2 saturated heterocycles. The van der Waals surface area contributed by atoms with Crippen LogP contribution in [-0.4, -0.2) is 171 Å². The van der Waals surface area contributed by atoms with Gasteiger partial charge in [-0.25, -0.2) is 0 Å². The largest absolute Gasteiger partial charge is 0.505 e. The highest BCUT2D eigenvalue weighted by molar-refractivity contribution is 7.87. The Kier molecular flexibility index (Phi) is 20.1. The summed E-state index contributed by atoms with van der Waals surface area (Å²) < 4.78 is 234. The molecule has 10 aromatic rings. The Morgan fingerprint density at radius 1 is 0.375 bits per heavy atom. The van der Waals surface area contributed by atoms with Crippen LogP contribution in [0.25, 0.3) is 32.9 Å². The van der Waals surface area contributed by atoms with E-state index in [0.29, 0.717) is 0 Å². The maximum absolute atomic E-state index is 13.7. The molecule has 0 saturated carbocycles. The Bertz CT molecular complexity index is 5580. The Morgan fingerprint density at radius 2 is 0.702 bits per heavy atom. The van der Waals surface area contributed by atoms with Crippen LogP contribution in [0.15, 0.2) is 195 Å². The van der Waals surface area contributed by atoms with E-state index >= 15 is 0 Å². The number of hydrogen-bond acceptors (Lipinski definition) is 32. The van der Waals surface area contributed by atoms with Gasteiger partial charge in [0.25, 0.3) is 60.7 Å². The van der Waals surface area contributed by atoms with Gasteiger partial charge in [0.15, 0.2) is 11.5 Å². The maximum Gasteiger partial charge on any atom is 0.296 e. The van der Waals surface area contributed by atoms with Gasteiger partial charge in [-0.2, -0.15) is 90.6 Å². The first-order valence-corrected chi connectivity index (χ1v) is 38.4. The first-order valence-electron chi connectivity index (χ1n) is 29.8. The van der Waals surface area contributed by atoms with Crippen molar-refractivity contribution in [3.8, 4) is 11.5 Å². The van der Waals surface area contributed by atoms with Gasteiger partial charge < -0.3 is 50.8 Å². The third-order valence-corrected chi connectivity index (χ3v) is 20.6. The molecule has 38 nitrogen and oxygen atoms in total. The van der Waals surface area contributed by atoms with Crippen LogP contribution in [0.1, 0.15) is 11.1 Å². The lowest BCUT2D eigenvalue weighted by atomic mass is 10.0. The zero-order chi connectivity index (χ0) is 74.3. The summed E-state index contributed by atoms with van der Waals surface area (Å²) in [6.07, 6.45) is 0. The summed E-state index contributed by atoms with van der Waals surface area (Å²) in [7, 11) is -32.1. The summed E-state index contributed by atoms with van der Waals surface area (Å²) >= 11 is 0. The molecule has 4 heterocycles. The number of anilines is 8. The molecule has 0 unspecified atom stereocenters. The summed E-state index contributed by atoms with van der Waals surface area (Å²) in [4.78, 5) is 24.7. The highest BCUT2D eigenvalue weighted by Crippen LogP contribution is 2.48. The van der Waals surface area contributed by atoms with Crippen molar-refractivity contribution in [2.45, 2.75) is 29.4 Å². The Labute approximate surface area is 589 Å². The van der Waals surface area contributed by atoms with Gasteiger partial charge in [-0.05, 0) is 83.6 Å². The summed E-state index contributed by atoms with van der Waals surface area (Å²) in [5, 5.41) is 49.4. The second kappa shape index (κ2) is 28.7. The van der Waals surface area contributed by atoms with Gasteiger partial charge in [0.1, 0.15) is 31.0 Å². The van der Waals surface area contributed by atoms with Gasteiger partial charge in [0.2, 0.25) is 35.7 Å². The molecule has 0 amide bonds. The van der Waals surface area contributed by atoms with E-state index in [9.17, 15) is 88.0 Å². The highest BCUT2D eigenvalue weighted by Gasteiger charge is 2.32. The second-order valence-electron chi connectivity index (χ2n) is 22.2. The fourth-order valence-electron chi connectivity index (χ4n) is 10.8. The smallest absolute Gasteiger partial charge is 0.296 e. The van der Waals surface area contributed by atoms with Gasteiger partial charge >= 0.3 is 0 Å². The van der Waals surface area contributed by atoms with E-state index in [2.05, 4.69) is 71.6 Å². The van der Waals surface area contributed by atoms with Gasteiger partial charge in [-0.3, -0.25) is 27.3 Å². The molecule has 12 N–H and O–H groups in total. The van der Waals surface area contributed by atoms with Crippen molar-refractivity contribution in [2.75, 3.05) is 83.7 Å². The van der Waals surface area contributed by atoms with Crippen molar-refractivity contribution in [2.24, 2.45) is 20.5 Å². The maximum atomic E-state index is 13.7. The van der Waals surface area contributed by atoms with E-state index in [1.165, 1.54) is 48.5 Å². The molecule has 540 valence electrons. The number of rotatable bonds is 22. The molecule has 8 aromatic carbocycles. The van der Waals surface area contributed by atoms with Crippen LogP contribution in [0.4, 0.5) is 69.8 Å². The highest BCUT2D eigenvalue weighted by atomic mass is 32.2. The normalized spacial score (nSPS) is 14.6. The van der Waals surface area contributed by atoms with Crippen molar-refractivity contribution in [3.63, 3.8) is 0 Å². The van der Waals surface area contributed by atoms with E-state index in [-0.39, 0.29) is 75.9 Å². The first-order chi connectivity index (χ1) is 49.1. The number of nitrogens with one attached hydrogen (secondary N) is 4. The van der Waals surface area contributed by atoms with Crippen molar-refractivity contribution in [1.29, 1.82) is 0 Å². The monoisotopic (exact) mass is 1540 g/mol. The molecule has 0 spiro atoms. The molecule has 0 radical (unpaired) electrons. The van der Waals surface area contributed by atoms with Gasteiger partial charge in [0.05, 0.1) is 70.4 Å². The summed E-state index contributed by atoms with van der Waals surface area (Å²) in [6, 6.07) is 28.8. The molecular weight excluding hydrogens is 1490 g/mol. The quantitative estimate of drug-likeness (QED) is 0.0172. The van der Waals surface area contributed by atoms with E-state index in [1.807, 2.05) is 0 Å². The van der Waals surface area contributed by atoms with E-state index < -0.39 is 192 Å². The van der Waals surface area contributed by atoms with Crippen molar-refractivity contribution < 1.29 is 97.5 Å². The fraction of sp³-hybridized carbons (Fsp3) is 0.133. The number of ether oxygens (including phenoxy) is 2. The zero-order valence-electron chi connectivity index (χ0n) is 52.6. The third-order valence-electron chi connectivity index (χ3n) is 15.4. The number of fused-ring (bicyclic) bond motifs is 2. The number of hydrogen-bond donors (Lipinski definition) is 12. The average Bonchev–Trinajstić information content (AvgIpc) is 0.753. The fourth-order valence-corrected chi connectivity index (χ4v) is 14.6. The van der Waals surface area contributed by atoms with Crippen LogP contribution in [0.3, 0.4) is 0 Å². The van der Waals surface area contributed by atoms with E-state index in [1.54, 1.807) is 46.2 Å². The molecule has 2 aromatic heterocycles. The van der Waals surface area contributed by atoms with Crippen LogP contribution >= 0.6 is 0 Å². The number of azo groups is 2. The second-order valence-corrected chi connectivity index (χ2v) is 30.6. The molecule has 44 heteroatoms. The van der Waals surface area contributed by atoms with E-state index in [0.717, 1.165) is 60.7 Å². The van der Waals surface area contributed by atoms with Crippen LogP contribution in [-0.2, 0) is 70.2 Å². The Balaban J connectivity index is 1.10. The van der Waals surface area contributed by atoms with Crippen LogP contribution < -0.4 is 31.1 Å². The van der Waals surface area contributed by atoms with Crippen LogP contribution in [0.2, 0.25) is 0 Å². The predicted molar refractivity (Wildman–Crippen MR) is 371 cm³/mol. The molecule has 104 heavy (non-hydrogen) atoms. The number of morpholine rings is 2. The minimum Gasteiger partial charge on any atom is -0.505 e. The van der Waals surface area contributed by atoms with Crippen LogP contribution in [0.5, 0.6) is 11.5 Å². The lowest BCUT2D eigenvalue weighted by Crippen LogP contribution is -2.37. The molecule has 2 aliphatic heterocycles. The van der Waals surface area contributed by atoms with Gasteiger partial charge in [0, 0.05) is 48.1 Å². The number of aromatic hydroxyl groups is 2. The van der Waals surface area contributed by atoms with Crippen LogP contribution in [0, 0.1) is 0 Å². The topological polar surface area (TPSA) is 567 Å². The summed E-state index contributed by atoms with van der Waals surface area (Å²) in [6.45, 7) is 0.429.